The number of rotatable bonds is 3. The number of fused-ring (bicyclic) bond motifs is 7. The van der Waals surface area contributed by atoms with Gasteiger partial charge in [0.15, 0.2) is 0 Å². The maximum Gasteiger partial charge on any atom is 0.0540 e. The Kier molecular flexibility index (Phi) is 4.80. The van der Waals surface area contributed by atoms with Crippen LogP contribution in [-0.2, 0) is 5.41 Å². The molecule has 0 bridgehead atoms. The molecule has 0 amide bonds. The molecule has 6 aromatic carbocycles. The van der Waals surface area contributed by atoms with Crippen LogP contribution in [0.2, 0.25) is 0 Å². The Morgan fingerprint density at radius 2 is 1.28 bits per heavy atom. The predicted molar refractivity (Wildman–Crippen MR) is 169 cm³/mol. The highest BCUT2D eigenvalue weighted by Gasteiger charge is 2.35. The highest BCUT2D eigenvalue weighted by Crippen LogP contribution is 2.51. The van der Waals surface area contributed by atoms with Crippen molar-refractivity contribution in [3.63, 3.8) is 0 Å². The van der Waals surface area contributed by atoms with E-state index in [0.717, 1.165) is 5.69 Å². The molecule has 39 heavy (non-hydrogen) atoms. The number of nitrogens with zero attached hydrogens (tertiary/aromatic N) is 1. The number of para-hydroxylation sites is 1. The Labute approximate surface area is 232 Å². The van der Waals surface area contributed by atoms with Gasteiger partial charge in [0.25, 0.3) is 0 Å². The maximum atomic E-state index is 2.43. The van der Waals surface area contributed by atoms with Gasteiger partial charge in [-0.15, -0.1) is 11.3 Å². The van der Waals surface area contributed by atoms with Crippen molar-refractivity contribution in [1.29, 1.82) is 0 Å². The Balaban J connectivity index is 1.40. The van der Waals surface area contributed by atoms with E-state index in [-0.39, 0.29) is 5.41 Å². The molecule has 0 unspecified atom stereocenters. The first-order valence-electron chi connectivity index (χ1n) is 13.5. The van der Waals surface area contributed by atoms with Crippen molar-refractivity contribution in [3.8, 4) is 11.1 Å². The summed E-state index contributed by atoms with van der Waals surface area (Å²) in [5.74, 6) is 0. The lowest BCUT2D eigenvalue weighted by Gasteiger charge is -2.28. The van der Waals surface area contributed by atoms with E-state index in [0.29, 0.717) is 0 Å². The van der Waals surface area contributed by atoms with Crippen molar-refractivity contribution in [2.45, 2.75) is 19.3 Å². The van der Waals surface area contributed by atoms with Crippen LogP contribution in [0.4, 0.5) is 17.1 Å². The molecule has 0 spiro atoms. The smallest absolute Gasteiger partial charge is 0.0540 e. The summed E-state index contributed by atoms with van der Waals surface area (Å²) < 4.78 is 2.67. The van der Waals surface area contributed by atoms with Crippen molar-refractivity contribution in [2.24, 2.45) is 0 Å². The van der Waals surface area contributed by atoms with Gasteiger partial charge < -0.3 is 4.90 Å². The van der Waals surface area contributed by atoms with E-state index in [4.69, 9.17) is 0 Å². The minimum absolute atomic E-state index is 0.00686. The highest BCUT2D eigenvalue weighted by molar-refractivity contribution is 7.25. The van der Waals surface area contributed by atoms with E-state index < -0.39 is 0 Å². The van der Waals surface area contributed by atoms with E-state index in [1.807, 2.05) is 11.3 Å². The van der Waals surface area contributed by atoms with Gasteiger partial charge in [0.1, 0.15) is 0 Å². The van der Waals surface area contributed by atoms with Crippen LogP contribution in [0, 0.1) is 0 Å². The Hall–Kier alpha value is -4.40. The van der Waals surface area contributed by atoms with Crippen LogP contribution in [-0.4, -0.2) is 0 Å². The van der Waals surface area contributed by atoms with Crippen molar-refractivity contribution in [1.82, 2.24) is 0 Å². The molecule has 0 atom stereocenters. The quantitative estimate of drug-likeness (QED) is 0.225. The second-order valence-corrected chi connectivity index (χ2v) is 12.1. The fourth-order valence-electron chi connectivity index (χ4n) is 6.53. The molecule has 1 aliphatic carbocycles. The molecule has 1 aromatic heterocycles. The molecule has 0 radical (unpaired) electrons. The summed E-state index contributed by atoms with van der Waals surface area (Å²) in [5.41, 5.74) is 9.00. The average Bonchev–Trinajstić information content (AvgIpc) is 3.44. The highest BCUT2D eigenvalue weighted by atomic mass is 32.1. The molecule has 2 heteroatoms. The van der Waals surface area contributed by atoms with Gasteiger partial charge in [-0.05, 0) is 76.2 Å². The van der Waals surface area contributed by atoms with Crippen molar-refractivity contribution in [3.05, 3.63) is 139 Å². The maximum absolute atomic E-state index is 2.43. The molecule has 1 nitrogen and oxygen atoms in total. The number of hydrogen-bond acceptors (Lipinski definition) is 2. The van der Waals surface area contributed by atoms with E-state index in [2.05, 4.69) is 146 Å². The van der Waals surface area contributed by atoms with Gasteiger partial charge >= 0.3 is 0 Å². The molecule has 0 N–H and O–H groups in total. The lowest BCUT2D eigenvalue weighted by Crippen LogP contribution is -2.15. The summed E-state index contributed by atoms with van der Waals surface area (Å²) in [4.78, 5) is 2.43. The lowest BCUT2D eigenvalue weighted by atomic mass is 9.82. The molecule has 0 aliphatic heterocycles. The summed E-state index contributed by atoms with van der Waals surface area (Å²) >= 11 is 1.88. The van der Waals surface area contributed by atoms with Crippen LogP contribution in [0.5, 0.6) is 0 Å². The molecule has 8 rings (SSSR count). The van der Waals surface area contributed by atoms with Crippen LogP contribution >= 0.6 is 11.3 Å². The summed E-state index contributed by atoms with van der Waals surface area (Å²) in [6.45, 7) is 4.68. The summed E-state index contributed by atoms with van der Waals surface area (Å²) in [6.07, 6.45) is 0. The second kappa shape index (κ2) is 8.30. The van der Waals surface area contributed by atoms with E-state index in [1.54, 1.807) is 0 Å². The van der Waals surface area contributed by atoms with E-state index >= 15 is 0 Å². The van der Waals surface area contributed by atoms with Gasteiger partial charge in [0.2, 0.25) is 0 Å². The van der Waals surface area contributed by atoms with E-state index in [9.17, 15) is 0 Å². The zero-order valence-electron chi connectivity index (χ0n) is 22.0. The van der Waals surface area contributed by atoms with Gasteiger partial charge in [0, 0.05) is 42.3 Å². The second-order valence-electron chi connectivity index (χ2n) is 11.0. The fraction of sp³-hybridized carbons (Fsp3) is 0.0811. The zero-order chi connectivity index (χ0) is 26.1. The normalized spacial score (nSPS) is 13.6. The number of hydrogen-bond donors (Lipinski definition) is 0. The molecule has 1 aliphatic rings. The molecule has 186 valence electrons. The number of benzene rings is 6. The van der Waals surface area contributed by atoms with Crippen LogP contribution in [0.15, 0.2) is 127 Å². The van der Waals surface area contributed by atoms with Gasteiger partial charge in [-0.3, -0.25) is 0 Å². The van der Waals surface area contributed by atoms with Crippen LogP contribution < -0.4 is 4.90 Å². The van der Waals surface area contributed by atoms with Crippen LogP contribution in [0.1, 0.15) is 25.0 Å². The third kappa shape index (κ3) is 3.32. The fourth-order valence-corrected chi connectivity index (χ4v) is 7.66. The minimum atomic E-state index is -0.00686. The zero-order valence-corrected chi connectivity index (χ0v) is 22.8. The molecule has 1 heterocycles. The summed E-state index contributed by atoms with van der Waals surface area (Å²) in [5, 5.41) is 5.18. The van der Waals surface area contributed by atoms with Gasteiger partial charge in [-0.1, -0.05) is 92.7 Å². The van der Waals surface area contributed by atoms with Crippen LogP contribution in [0.3, 0.4) is 0 Å². The monoisotopic (exact) mass is 517 g/mol. The van der Waals surface area contributed by atoms with Gasteiger partial charge in [-0.25, -0.2) is 0 Å². The Morgan fingerprint density at radius 3 is 2.18 bits per heavy atom. The molecule has 0 fully saturated rings. The lowest BCUT2D eigenvalue weighted by molar-refractivity contribution is 0.660. The first kappa shape index (κ1) is 22.6. The van der Waals surface area contributed by atoms with E-state index in [1.165, 1.54) is 64.6 Å². The van der Waals surface area contributed by atoms with Crippen LogP contribution in [0.25, 0.3) is 42.1 Å². The third-order valence-corrected chi connectivity index (χ3v) is 9.57. The first-order valence-corrected chi connectivity index (χ1v) is 14.3. The average molecular weight is 518 g/mol. The third-order valence-electron chi connectivity index (χ3n) is 8.44. The summed E-state index contributed by atoms with van der Waals surface area (Å²) in [6, 6.07) is 46.9. The van der Waals surface area contributed by atoms with Crippen molar-refractivity contribution in [2.75, 3.05) is 4.90 Å². The molecule has 0 saturated carbocycles. The molecule has 7 aromatic rings. The molecular formula is C37H27NS. The van der Waals surface area contributed by atoms with Gasteiger partial charge in [-0.2, -0.15) is 0 Å². The SMILES string of the molecule is CC1(C)c2ccccc2-c2cc(N(c3ccccc3)c3cccc4cc5sc6ccccc6c5cc34)ccc21. The molecular weight excluding hydrogens is 490 g/mol. The number of thiophene rings is 1. The van der Waals surface area contributed by atoms with Crippen molar-refractivity contribution < 1.29 is 0 Å². The standard InChI is InChI=1S/C37H27NS/c1-37(2)32-16-8-6-14-27(32)30-22-26(19-20-33(30)37)38(25-12-4-3-5-13-25)34-17-10-11-24-21-36-31(23-29(24)34)28-15-7-9-18-35(28)39-36/h3-23H,1-2H3. The topological polar surface area (TPSA) is 3.24 Å². The van der Waals surface area contributed by atoms with Crippen molar-refractivity contribution >= 4 is 59.3 Å². The predicted octanol–water partition coefficient (Wildman–Crippen LogP) is 11.0. The Bertz CT molecular complexity index is 2050. The van der Waals surface area contributed by atoms with Gasteiger partial charge in [0.05, 0.1) is 5.69 Å². The summed E-state index contributed by atoms with van der Waals surface area (Å²) in [7, 11) is 0. The minimum Gasteiger partial charge on any atom is -0.310 e. The molecule has 0 saturated heterocycles. The first-order chi connectivity index (χ1) is 19.1. The largest absolute Gasteiger partial charge is 0.310 e. The Morgan fingerprint density at radius 1 is 0.513 bits per heavy atom. The number of anilines is 3.